The second-order valence-corrected chi connectivity index (χ2v) is 6.10. The lowest BCUT2D eigenvalue weighted by atomic mass is 9.86. The summed E-state index contributed by atoms with van der Waals surface area (Å²) in [5, 5.41) is 2.86. The first-order valence-corrected chi connectivity index (χ1v) is 7.79. The van der Waals surface area contributed by atoms with E-state index >= 15 is 0 Å². The fraction of sp³-hybridized carbons (Fsp3) is 0.643. The zero-order valence-corrected chi connectivity index (χ0v) is 12.8. The molecule has 0 radical (unpaired) electrons. The minimum atomic E-state index is -0.732. The number of H-pyrrole nitrogens is 1. The van der Waals surface area contributed by atoms with Crippen LogP contribution in [0.3, 0.4) is 0 Å². The van der Waals surface area contributed by atoms with Crippen LogP contribution >= 0.6 is 0 Å². The zero-order chi connectivity index (χ0) is 16.0. The van der Waals surface area contributed by atoms with Gasteiger partial charge in [0.1, 0.15) is 11.2 Å². The third-order valence-corrected chi connectivity index (χ3v) is 4.28. The SMILES string of the molecule is CC1COC(n2[nH]c(=O)c3c(N)nc(OCC4CCC4)nc32)O1. The number of hydrogen-bond donors (Lipinski definition) is 2. The van der Waals surface area contributed by atoms with Crippen molar-refractivity contribution < 1.29 is 14.2 Å². The number of hydrogen-bond acceptors (Lipinski definition) is 7. The van der Waals surface area contributed by atoms with E-state index in [2.05, 4.69) is 15.1 Å². The van der Waals surface area contributed by atoms with Crippen LogP contribution in [0.25, 0.3) is 11.0 Å². The van der Waals surface area contributed by atoms with Gasteiger partial charge in [0, 0.05) is 0 Å². The summed E-state index contributed by atoms with van der Waals surface area (Å²) in [5.74, 6) is 0.635. The molecular formula is C14H19N5O4. The molecule has 2 aromatic heterocycles. The fourth-order valence-electron chi connectivity index (χ4n) is 2.75. The fourth-order valence-corrected chi connectivity index (χ4v) is 2.75. The van der Waals surface area contributed by atoms with Crippen molar-refractivity contribution in [2.45, 2.75) is 38.7 Å². The number of nitrogen functional groups attached to an aromatic ring is 1. The van der Waals surface area contributed by atoms with Gasteiger partial charge in [0.15, 0.2) is 5.65 Å². The number of aromatic amines is 1. The molecule has 0 bridgehead atoms. The molecule has 3 heterocycles. The Hall–Kier alpha value is -2.13. The molecule has 2 fully saturated rings. The van der Waals surface area contributed by atoms with Gasteiger partial charge in [-0.15, -0.1) is 0 Å². The van der Waals surface area contributed by atoms with E-state index in [9.17, 15) is 4.79 Å². The van der Waals surface area contributed by atoms with E-state index < -0.39 is 6.41 Å². The first-order chi connectivity index (χ1) is 11.1. The third-order valence-electron chi connectivity index (χ3n) is 4.28. The second-order valence-electron chi connectivity index (χ2n) is 6.10. The molecule has 2 unspecified atom stereocenters. The van der Waals surface area contributed by atoms with Crippen molar-refractivity contribution in [2.24, 2.45) is 5.92 Å². The van der Waals surface area contributed by atoms with Crippen LogP contribution in [0.5, 0.6) is 6.01 Å². The summed E-state index contributed by atoms with van der Waals surface area (Å²) in [6, 6.07) is 0.167. The highest BCUT2D eigenvalue weighted by Crippen LogP contribution is 2.28. The van der Waals surface area contributed by atoms with Crippen molar-refractivity contribution in [3.8, 4) is 6.01 Å². The van der Waals surface area contributed by atoms with Crippen LogP contribution in [-0.4, -0.2) is 39.1 Å². The van der Waals surface area contributed by atoms with Gasteiger partial charge in [-0.05, 0) is 25.7 Å². The summed E-state index contributed by atoms with van der Waals surface area (Å²) >= 11 is 0. The van der Waals surface area contributed by atoms with Crippen molar-refractivity contribution in [1.82, 2.24) is 19.7 Å². The van der Waals surface area contributed by atoms with Crippen LogP contribution in [-0.2, 0) is 9.47 Å². The van der Waals surface area contributed by atoms with E-state index in [-0.39, 0.29) is 28.9 Å². The Labute approximate surface area is 131 Å². The van der Waals surface area contributed by atoms with E-state index in [1.54, 1.807) is 0 Å². The van der Waals surface area contributed by atoms with E-state index in [0.29, 0.717) is 24.8 Å². The molecule has 9 heteroatoms. The molecule has 4 rings (SSSR count). The van der Waals surface area contributed by atoms with Gasteiger partial charge in [0.25, 0.3) is 12.0 Å². The number of anilines is 1. The first-order valence-electron chi connectivity index (χ1n) is 7.79. The predicted octanol–water partition coefficient (Wildman–Crippen LogP) is 0.772. The Morgan fingerprint density at radius 3 is 2.91 bits per heavy atom. The maximum absolute atomic E-state index is 12.1. The van der Waals surface area contributed by atoms with E-state index in [1.807, 2.05) is 6.92 Å². The van der Waals surface area contributed by atoms with Gasteiger partial charge >= 0.3 is 6.01 Å². The highest BCUT2D eigenvalue weighted by molar-refractivity contribution is 5.85. The van der Waals surface area contributed by atoms with Gasteiger partial charge in [-0.1, -0.05) is 6.42 Å². The molecule has 124 valence electrons. The maximum atomic E-state index is 12.1. The number of aromatic nitrogens is 4. The van der Waals surface area contributed by atoms with Crippen molar-refractivity contribution in [3.63, 3.8) is 0 Å². The lowest BCUT2D eigenvalue weighted by molar-refractivity contribution is -0.117. The molecule has 2 atom stereocenters. The quantitative estimate of drug-likeness (QED) is 0.854. The minimum Gasteiger partial charge on any atom is -0.463 e. The van der Waals surface area contributed by atoms with Crippen molar-refractivity contribution in [3.05, 3.63) is 10.4 Å². The van der Waals surface area contributed by atoms with Gasteiger partial charge < -0.3 is 19.9 Å². The van der Waals surface area contributed by atoms with Gasteiger partial charge in [0.05, 0.1) is 19.3 Å². The first kappa shape index (κ1) is 14.5. The summed E-state index contributed by atoms with van der Waals surface area (Å²) < 4.78 is 18.2. The van der Waals surface area contributed by atoms with Crippen LogP contribution in [0.15, 0.2) is 4.79 Å². The molecule has 2 aromatic rings. The number of rotatable bonds is 4. The smallest absolute Gasteiger partial charge is 0.320 e. The number of nitrogens with one attached hydrogen (secondary N) is 1. The Morgan fingerprint density at radius 2 is 2.26 bits per heavy atom. The van der Waals surface area contributed by atoms with Crippen molar-refractivity contribution >= 4 is 16.9 Å². The average Bonchev–Trinajstić information content (AvgIpc) is 3.01. The van der Waals surface area contributed by atoms with Crippen LogP contribution in [0, 0.1) is 5.92 Å². The molecule has 9 nitrogen and oxygen atoms in total. The van der Waals surface area contributed by atoms with Gasteiger partial charge in [-0.2, -0.15) is 9.97 Å². The highest BCUT2D eigenvalue weighted by atomic mass is 16.7. The molecule has 0 aromatic carbocycles. The lowest BCUT2D eigenvalue weighted by Gasteiger charge is -2.24. The molecule has 2 aliphatic rings. The number of nitrogens with two attached hydrogens (primary N) is 1. The Morgan fingerprint density at radius 1 is 1.43 bits per heavy atom. The van der Waals surface area contributed by atoms with Crippen molar-refractivity contribution in [1.29, 1.82) is 0 Å². The van der Waals surface area contributed by atoms with Crippen LogP contribution in [0.2, 0.25) is 0 Å². The Kier molecular flexibility index (Phi) is 3.46. The van der Waals surface area contributed by atoms with Gasteiger partial charge in [-0.3, -0.25) is 9.89 Å². The molecule has 23 heavy (non-hydrogen) atoms. The summed E-state index contributed by atoms with van der Waals surface area (Å²) in [7, 11) is 0. The molecule has 0 spiro atoms. The molecule has 3 N–H and O–H groups in total. The normalized spacial score (nSPS) is 24.9. The molecule has 1 saturated heterocycles. The van der Waals surface area contributed by atoms with Crippen LogP contribution in [0.4, 0.5) is 5.82 Å². The van der Waals surface area contributed by atoms with E-state index in [1.165, 1.54) is 11.1 Å². The molecular weight excluding hydrogens is 302 g/mol. The zero-order valence-electron chi connectivity index (χ0n) is 12.8. The summed E-state index contributed by atoms with van der Waals surface area (Å²) in [6.07, 6.45) is 2.77. The number of ether oxygens (including phenoxy) is 3. The van der Waals surface area contributed by atoms with Gasteiger partial charge in [-0.25, -0.2) is 4.68 Å². The van der Waals surface area contributed by atoms with Gasteiger partial charge in [0.2, 0.25) is 0 Å². The second kappa shape index (κ2) is 5.50. The largest absolute Gasteiger partial charge is 0.463 e. The molecule has 1 saturated carbocycles. The maximum Gasteiger partial charge on any atom is 0.320 e. The number of nitrogens with zero attached hydrogens (tertiary/aromatic N) is 3. The standard InChI is InChI=1S/C14H19N5O4/c1-7-5-22-14(23-7)19-11-9(12(20)18-19)10(15)16-13(17-11)21-6-8-3-2-4-8/h7-8,14H,2-6H2,1H3,(H,18,20)(H2,15,16,17). The van der Waals surface area contributed by atoms with Crippen molar-refractivity contribution in [2.75, 3.05) is 18.9 Å². The Balaban J connectivity index is 1.69. The topological polar surface area (TPSA) is 117 Å². The predicted molar refractivity (Wildman–Crippen MR) is 80.9 cm³/mol. The average molecular weight is 321 g/mol. The summed E-state index contributed by atoms with van der Waals surface area (Å²) in [4.78, 5) is 20.5. The Bertz CT molecular complexity index is 781. The highest BCUT2D eigenvalue weighted by Gasteiger charge is 2.28. The monoisotopic (exact) mass is 321 g/mol. The van der Waals surface area contributed by atoms with Crippen LogP contribution in [0.1, 0.15) is 32.6 Å². The number of fused-ring (bicyclic) bond motifs is 1. The summed E-state index contributed by atoms with van der Waals surface area (Å²) in [5.41, 5.74) is 5.85. The molecule has 0 amide bonds. The minimum absolute atomic E-state index is 0.0607. The van der Waals surface area contributed by atoms with E-state index in [4.69, 9.17) is 19.9 Å². The third kappa shape index (κ3) is 2.55. The molecule has 1 aliphatic heterocycles. The van der Waals surface area contributed by atoms with E-state index in [0.717, 1.165) is 12.8 Å². The summed E-state index contributed by atoms with van der Waals surface area (Å²) in [6.45, 7) is 2.89. The lowest BCUT2D eigenvalue weighted by Crippen LogP contribution is -2.20. The van der Waals surface area contributed by atoms with Crippen LogP contribution < -0.4 is 16.0 Å². The molecule has 1 aliphatic carbocycles.